The number of nitrogens with zero attached hydrogens (tertiary/aromatic N) is 2. The van der Waals surface area contributed by atoms with Crippen molar-refractivity contribution in [2.24, 2.45) is 5.16 Å². The first-order valence-corrected chi connectivity index (χ1v) is 13.4. The Labute approximate surface area is 229 Å². The predicted octanol–water partition coefficient (Wildman–Crippen LogP) is 6.44. The third-order valence-corrected chi connectivity index (χ3v) is 7.18. The van der Waals surface area contributed by atoms with Crippen molar-refractivity contribution in [3.63, 3.8) is 0 Å². The number of hydrogen-bond acceptors (Lipinski definition) is 6. The fraction of sp³-hybridized carbons (Fsp3) is 0.375. The number of ether oxygens (including phenoxy) is 3. The number of carbonyl (C=O) groups excluding carboxylic acids is 1. The number of allylic oxidation sites excluding steroid dienone is 2. The average Bonchev–Trinajstić information content (AvgIpc) is 3.42. The lowest BCUT2D eigenvalue weighted by Crippen LogP contribution is -2.25. The molecule has 1 aliphatic heterocycles. The summed E-state index contributed by atoms with van der Waals surface area (Å²) >= 11 is 0. The van der Waals surface area contributed by atoms with E-state index in [-0.39, 0.29) is 6.10 Å². The zero-order valence-corrected chi connectivity index (χ0v) is 23.5. The predicted molar refractivity (Wildman–Crippen MR) is 154 cm³/mol. The molecule has 7 heteroatoms. The Balaban J connectivity index is 1.37. The number of benzene rings is 2. The maximum atomic E-state index is 11.2. The van der Waals surface area contributed by atoms with E-state index in [1.807, 2.05) is 32.9 Å². The van der Waals surface area contributed by atoms with Crippen LogP contribution >= 0.6 is 0 Å². The first kappa shape index (κ1) is 26.9. The number of oxime groups is 1. The minimum atomic E-state index is -0.547. The Morgan fingerprint density at radius 2 is 2.00 bits per heavy atom. The highest BCUT2D eigenvalue weighted by molar-refractivity contribution is 6.03. The molecule has 0 spiro atoms. The van der Waals surface area contributed by atoms with Gasteiger partial charge in [-0.15, -0.1) is 0 Å². The van der Waals surface area contributed by atoms with Crippen LogP contribution in [0.2, 0.25) is 0 Å². The molecule has 2 aliphatic rings. The summed E-state index contributed by atoms with van der Waals surface area (Å²) < 4.78 is 19.8. The topological polar surface area (TPSA) is 71.3 Å². The van der Waals surface area contributed by atoms with E-state index in [0.29, 0.717) is 18.9 Å². The summed E-state index contributed by atoms with van der Waals surface area (Å²) in [4.78, 5) is 16.1. The second-order valence-electron chi connectivity index (χ2n) is 10.6. The molecule has 2 heterocycles. The summed E-state index contributed by atoms with van der Waals surface area (Å²) in [6, 6.07) is 12.5. The van der Waals surface area contributed by atoms with Crippen LogP contribution in [-0.2, 0) is 32.1 Å². The minimum Gasteiger partial charge on any atom is -0.491 e. The van der Waals surface area contributed by atoms with Gasteiger partial charge in [0.2, 0.25) is 0 Å². The highest BCUT2D eigenvalue weighted by atomic mass is 16.7. The van der Waals surface area contributed by atoms with E-state index < -0.39 is 11.8 Å². The molecule has 1 aromatic heterocycles. The van der Waals surface area contributed by atoms with E-state index in [9.17, 15) is 4.79 Å². The zero-order chi connectivity index (χ0) is 27.7. The molecular formula is C32H36N2O5. The molecular weight excluding hydrogens is 492 g/mol. The molecule has 2 aromatic carbocycles. The Hall–Kier alpha value is -3.68. The van der Waals surface area contributed by atoms with Crippen LogP contribution in [-0.4, -0.2) is 41.4 Å². The van der Waals surface area contributed by atoms with Crippen molar-refractivity contribution in [2.75, 3.05) is 13.2 Å². The maximum Gasteiger partial charge on any atom is 0.331 e. The molecule has 1 saturated heterocycles. The molecule has 0 radical (unpaired) electrons. The van der Waals surface area contributed by atoms with Crippen molar-refractivity contribution in [3.8, 4) is 5.75 Å². The third-order valence-electron chi connectivity index (χ3n) is 7.18. The summed E-state index contributed by atoms with van der Waals surface area (Å²) in [5, 5.41) is 5.17. The monoisotopic (exact) mass is 528 g/mol. The number of aryl methyl sites for hydroxylation is 2. The van der Waals surface area contributed by atoms with Crippen molar-refractivity contribution in [3.05, 3.63) is 76.0 Å². The summed E-state index contributed by atoms with van der Waals surface area (Å²) in [6.45, 7) is 13.2. The lowest BCUT2D eigenvalue weighted by atomic mass is 9.93. The first-order chi connectivity index (χ1) is 18.6. The smallest absolute Gasteiger partial charge is 0.331 e. The molecule has 5 rings (SSSR count). The molecule has 1 unspecified atom stereocenters. The van der Waals surface area contributed by atoms with Gasteiger partial charge in [-0.25, -0.2) is 4.79 Å². The van der Waals surface area contributed by atoms with Gasteiger partial charge >= 0.3 is 5.97 Å². The molecule has 7 nitrogen and oxygen atoms in total. The number of rotatable bonds is 7. The third kappa shape index (κ3) is 5.84. The Morgan fingerprint density at radius 1 is 1.18 bits per heavy atom. The van der Waals surface area contributed by atoms with E-state index in [2.05, 4.69) is 66.1 Å². The summed E-state index contributed by atoms with van der Waals surface area (Å²) in [7, 11) is 0. The van der Waals surface area contributed by atoms with Gasteiger partial charge in [-0.1, -0.05) is 29.4 Å². The normalized spacial score (nSPS) is 19.5. The van der Waals surface area contributed by atoms with Gasteiger partial charge in [-0.05, 0) is 92.8 Å². The zero-order valence-electron chi connectivity index (χ0n) is 23.5. The van der Waals surface area contributed by atoms with Gasteiger partial charge in [0.1, 0.15) is 18.5 Å². The highest BCUT2D eigenvalue weighted by Crippen LogP contribution is 2.35. The van der Waals surface area contributed by atoms with Crippen LogP contribution in [0.1, 0.15) is 62.6 Å². The van der Waals surface area contributed by atoms with Crippen molar-refractivity contribution >= 4 is 34.7 Å². The van der Waals surface area contributed by atoms with Crippen LogP contribution < -0.4 is 4.74 Å². The van der Waals surface area contributed by atoms with Gasteiger partial charge in [-0.2, -0.15) is 0 Å². The van der Waals surface area contributed by atoms with Gasteiger partial charge in [0, 0.05) is 36.5 Å². The summed E-state index contributed by atoms with van der Waals surface area (Å²) in [6.07, 6.45) is 7.44. The van der Waals surface area contributed by atoms with E-state index >= 15 is 0 Å². The SMILES string of the molecule is CCn1c2c(c3cc(C(C)=NOC(C)=O)ccc31)CC(=Cc1ccc(OCC3COC(C)(C)O3)cc1C)C=C2. The Kier molecular flexibility index (Phi) is 7.47. The number of carbonyl (C=O) groups is 1. The highest BCUT2D eigenvalue weighted by Gasteiger charge is 2.33. The van der Waals surface area contributed by atoms with Gasteiger partial charge in [0.25, 0.3) is 0 Å². The molecule has 3 aromatic rings. The van der Waals surface area contributed by atoms with Crippen LogP contribution in [0.25, 0.3) is 23.1 Å². The molecule has 39 heavy (non-hydrogen) atoms. The van der Waals surface area contributed by atoms with Crippen LogP contribution in [0, 0.1) is 6.92 Å². The molecule has 1 atom stereocenters. The van der Waals surface area contributed by atoms with E-state index in [1.165, 1.54) is 34.7 Å². The van der Waals surface area contributed by atoms with Crippen molar-refractivity contribution < 1.29 is 23.8 Å². The standard InChI is InChI=1S/C32H36N2O5/c1-7-34-30-12-8-23(16-28(30)29-17-25(10-13-31(29)34)21(3)33-39-22(4)35)15-24-9-11-26(14-20(24)2)36-18-27-19-37-32(5,6)38-27/h8-15,17,27H,7,16,18-19H2,1-6H3. The quantitative estimate of drug-likeness (QED) is 0.201. The van der Waals surface area contributed by atoms with Crippen molar-refractivity contribution in [1.29, 1.82) is 0 Å². The lowest BCUT2D eigenvalue weighted by Gasteiger charge is -2.17. The molecule has 1 aliphatic carbocycles. The average molecular weight is 529 g/mol. The first-order valence-electron chi connectivity index (χ1n) is 13.4. The fourth-order valence-electron chi connectivity index (χ4n) is 5.25. The number of hydrogen-bond donors (Lipinski definition) is 0. The summed E-state index contributed by atoms with van der Waals surface area (Å²) in [5.74, 6) is -0.149. The minimum absolute atomic E-state index is 0.0637. The molecule has 0 N–H and O–H groups in total. The second-order valence-corrected chi connectivity index (χ2v) is 10.6. The number of fused-ring (bicyclic) bond motifs is 3. The van der Waals surface area contributed by atoms with Gasteiger partial charge in [0.15, 0.2) is 5.79 Å². The molecule has 0 bridgehead atoms. The summed E-state index contributed by atoms with van der Waals surface area (Å²) in [5.41, 5.74) is 8.87. The second kappa shape index (κ2) is 10.8. The Morgan fingerprint density at radius 3 is 2.69 bits per heavy atom. The van der Waals surface area contributed by atoms with E-state index in [0.717, 1.165) is 35.4 Å². The van der Waals surface area contributed by atoms with Gasteiger partial charge < -0.3 is 23.6 Å². The van der Waals surface area contributed by atoms with Crippen LogP contribution in [0.3, 0.4) is 0 Å². The van der Waals surface area contributed by atoms with E-state index in [4.69, 9.17) is 19.0 Å². The number of aromatic nitrogens is 1. The van der Waals surface area contributed by atoms with Crippen molar-refractivity contribution in [1.82, 2.24) is 4.57 Å². The largest absolute Gasteiger partial charge is 0.491 e. The Bertz CT molecular complexity index is 1510. The molecule has 1 fully saturated rings. The molecule has 0 amide bonds. The molecule has 0 saturated carbocycles. The molecule has 204 valence electrons. The van der Waals surface area contributed by atoms with Gasteiger partial charge in [-0.3, -0.25) is 0 Å². The van der Waals surface area contributed by atoms with Crippen LogP contribution in [0.15, 0.2) is 53.2 Å². The van der Waals surface area contributed by atoms with Crippen LogP contribution in [0.5, 0.6) is 5.75 Å². The fourth-order valence-corrected chi connectivity index (χ4v) is 5.25. The van der Waals surface area contributed by atoms with E-state index in [1.54, 1.807) is 0 Å². The lowest BCUT2D eigenvalue weighted by molar-refractivity contribution is -0.141. The maximum absolute atomic E-state index is 11.2. The van der Waals surface area contributed by atoms with Crippen LogP contribution in [0.4, 0.5) is 0 Å². The van der Waals surface area contributed by atoms with Gasteiger partial charge in [0.05, 0.1) is 12.3 Å². The van der Waals surface area contributed by atoms with Crippen molar-refractivity contribution in [2.45, 2.75) is 66.4 Å².